The summed E-state index contributed by atoms with van der Waals surface area (Å²) >= 11 is 0. The molecule has 108 valence electrons. The number of ketones is 1. The molecule has 0 aliphatic heterocycles. The summed E-state index contributed by atoms with van der Waals surface area (Å²) < 4.78 is 0. The number of rotatable bonds is 6. The van der Waals surface area contributed by atoms with E-state index in [9.17, 15) is 14.7 Å². The van der Waals surface area contributed by atoms with Crippen LogP contribution in [0.1, 0.15) is 48.9 Å². The number of hydrogen-bond donors (Lipinski definition) is 2. The average molecular weight is 276 g/mol. The average Bonchev–Trinajstić information content (AvgIpc) is 2.91. The van der Waals surface area contributed by atoms with Crippen LogP contribution in [0.3, 0.4) is 0 Å². The fourth-order valence-corrected chi connectivity index (χ4v) is 2.46. The van der Waals surface area contributed by atoms with Gasteiger partial charge in [0, 0.05) is 37.3 Å². The quantitative estimate of drug-likeness (QED) is 0.771. The van der Waals surface area contributed by atoms with Gasteiger partial charge in [-0.2, -0.15) is 0 Å². The highest BCUT2D eigenvalue weighted by Crippen LogP contribution is 2.28. The monoisotopic (exact) mass is 276 g/mol. The molecule has 20 heavy (non-hydrogen) atoms. The van der Waals surface area contributed by atoms with Crippen molar-refractivity contribution in [2.24, 2.45) is 0 Å². The van der Waals surface area contributed by atoms with Crippen molar-refractivity contribution in [3.63, 3.8) is 0 Å². The third-order valence-corrected chi connectivity index (χ3v) is 3.71. The van der Waals surface area contributed by atoms with Crippen LogP contribution >= 0.6 is 0 Å². The molecule has 0 radical (unpaired) electrons. The molecule has 1 aromatic rings. The Labute approximate surface area is 118 Å². The highest BCUT2D eigenvalue weighted by Gasteiger charge is 2.31. The van der Waals surface area contributed by atoms with Gasteiger partial charge in [0.2, 0.25) is 5.91 Å². The van der Waals surface area contributed by atoms with Gasteiger partial charge in [-0.3, -0.25) is 14.6 Å². The summed E-state index contributed by atoms with van der Waals surface area (Å²) in [4.78, 5) is 27.4. The van der Waals surface area contributed by atoms with Crippen LogP contribution in [0.5, 0.6) is 0 Å². The number of pyridine rings is 1. The molecule has 0 atom stereocenters. The lowest BCUT2D eigenvalue weighted by atomic mass is 10.0. The van der Waals surface area contributed by atoms with Gasteiger partial charge in [0.25, 0.3) is 0 Å². The van der Waals surface area contributed by atoms with E-state index in [0.717, 1.165) is 25.7 Å². The molecule has 1 amide bonds. The van der Waals surface area contributed by atoms with Crippen molar-refractivity contribution in [3.8, 4) is 0 Å². The van der Waals surface area contributed by atoms with Gasteiger partial charge in [-0.15, -0.1) is 0 Å². The van der Waals surface area contributed by atoms with E-state index in [0.29, 0.717) is 5.56 Å². The largest absolute Gasteiger partial charge is 0.388 e. The molecule has 0 unspecified atom stereocenters. The second kappa shape index (κ2) is 6.61. The maximum atomic E-state index is 11.8. The van der Waals surface area contributed by atoms with Gasteiger partial charge in [-0.05, 0) is 25.0 Å². The third-order valence-electron chi connectivity index (χ3n) is 3.71. The van der Waals surface area contributed by atoms with Crippen LogP contribution in [0.4, 0.5) is 0 Å². The minimum Gasteiger partial charge on any atom is -0.388 e. The molecule has 1 fully saturated rings. The van der Waals surface area contributed by atoms with E-state index >= 15 is 0 Å². The molecule has 1 aromatic heterocycles. The smallest absolute Gasteiger partial charge is 0.220 e. The summed E-state index contributed by atoms with van der Waals surface area (Å²) in [5, 5.41) is 12.8. The third kappa shape index (κ3) is 4.13. The fraction of sp³-hybridized carbons (Fsp3) is 0.533. The van der Waals surface area contributed by atoms with Crippen LogP contribution in [-0.4, -0.2) is 33.9 Å². The van der Waals surface area contributed by atoms with Gasteiger partial charge < -0.3 is 10.4 Å². The van der Waals surface area contributed by atoms with Crippen LogP contribution in [0.25, 0.3) is 0 Å². The van der Waals surface area contributed by atoms with Crippen LogP contribution in [0.15, 0.2) is 24.5 Å². The Morgan fingerprint density at radius 2 is 2.05 bits per heavy atom. The number of nitrogens with one attached hydrogen (secondary N) is 1. The first-order valence-corrected chi connectivity index (χ1v) is 7.01. The number of amides is 1. The number of hydrogen-bond acceptors (Lipinski definition) is 4. The summed E-state index contributed by atoms with van der Waals surface area (Å²) in [6.07, 6.45) is 6.90. The molecule has 2 rings (SSSR count). The van der Waals surface area contributed by atoms with E-state index in [4.69, 9.17) is 0 Å². The fourth-order valence-electron chi connectivity index (χ4n) is 2.46. The highest BCUT2D eigenvalue weighted by molar-refractivity contribution is 5.97. The summed E-state index contributed by atoms with van der Waals surface area (Å²) in [6.45, 7) is 0.285. The number of aliphatic hydroxyl groups is 1. The van der Waals surface area contributed by atoms with Gasteiger partial charge in [-0.1, -0.05) is 12.8 Å². The van der Waals surface area contributed by atoms with Gasteiger partial charge in [0.15, 0.2) is 5.78 Å². The zero-order chi connectivity index (χ0) is 14.4. The number of Topliss-reactive ketones (excluding diaryl/α,β-unsaturated/α-hetero) is 1. The van der Waals surface area contributed by atoms with Crippen LogP contribution < -0.4 is 5.32 Å². The van der Waals surface area contributed by atoms with Crippen molar-refractivity contribution in [1.29, 1.82) is 0 Å². The van der Waals surface area contributed by atoms with Crippen molar-refractivity contribution in [1.82, 2.24) is 10.3 Å². The minimum atomic E-state index is -0.747. The van der Waals surface area contributed by atoms with Crippen molar-refractivity contribution >= 4 is 11.7 Å². The lowest BCUT2D eigenvalue weighted by molar-refractivity contribution is -0.122. The van der Waals surface area contributed by atoms with Gasteiger partial charge >= 0.3 is 0 Å². The van der Waals surface area contributed by atoms with E-state index < -0.39 is 5.60 Å². The van der Waals surface area contributed by atoms with Crippen LogP contribution in [0.2, 0.25) is 0 Å². The Morgan fingerprint density at radius 1 is 1.30 bits per heavy atom. The van der Waals surface area contributed by atoms with Gasteiger partial charge in [-0.25, -0.2) is 0 Å². The van der Waals surface area contributed by atoms with Crippen molar-refractivity contribution in [3.05, 3.63) is 30.1 Å². The normalized spacial score (nSPS) is 16.9. The molecule has 5 heteroatoms. The lowest BCUT2D eigenvalue weighted by Gasteiger charge is -2.22. The Morgan fingerprint density at radius 3 is 2.70 bits per heavy atom. The number of carbonyl (C=O) groups excluding carboxylic acids is 2. The summed E-state index contributed by atoms with van der Waals surface area (Å²) in [5.41, 5.74) is -0.224. The molecule has 1 saturated carbocycles. The molecule has 0 bridgehead atoms. The molecule has 0 spiro atoms. The van der Waals surface area contributed by atoms with Crippen LogP contribution in [-0.2, 0) is 4.79 Å². The van der Waals surface area contributed by atoms with Gasteiger partial charge in [0.1, 0.15) is 0 Å². The van der Waals surface area contributed by atoms with Gasteiger partial charge in [0.05, 0.1) is 5.60 Å². The van der Waals surface area contributed by atoms with E-state index in [-0.39, 0.29) is 31.1 Å². The Bertz CT molecular complexity index is 467. The van der Waals surface area contributed by atoms with Crippen molar-refractivity contribution < 1.29 is 14.7 Å². The van der Waals surface area contributed by atoms with Crippen LogP contribution in [0, 0.1) is 0 Å². The lowest BCUT2D eigenvalue weighted by Crippen LogP contribution is -2.40. The molecular weight excluding hydrogens is 256 g/mol. The maximum Gasteiger partial charge on any atom is 0.220 e. The zero-order valence-electron chi connectivity index (χ0n) is 11.5. The number of aromatic nitrogens is 1. The number of carbonyl (C=O) groups is 2. The first-order chi connectivity index (χ1) is 9.59. The minimum absolute atomic E-state index is 0.0900. The van der Waals surface area contributed by atoms with E-state index in [1.807, 2.05) is 0 Å². The molecule has 1 aliphatic carbocycles. The standard InChI is InChI=1S/C15H20N2O3/c18-13(12-4-3-9-16-10-12)5-6-14(19)17-11-15(20)7-1-2-8-15/h3-4,9-10,20H,1-2,5-8,11H2,(H,17,19). The SMILES string of the molecule is O=C(CCC(=O)c1cccnc1)NCC1(O)CCCC1. The van der Waals surface area contributed by atoms with E-state index in [1.54, 1.807) is 18.3 Å². The molecular formula is C15H20N2O3. The zero-order valence-corrected chi connectivity index (χ0v) is 11.5. The van der Waals surface area contributed by atoms with Crippen molar-refractivity contribution in [2.75, 3.05) is 6.54 Å². The maximum absolute atomic E-state index is 11.8. The Kier molecular flexibility index (Phi) is 4.84. The van der Waals surface area contributed by atoms with E-state index in [1.165, 1.54) is 6.20 Å². The molecule has 1 heterocycles. The molecule has 5 nitrogen and oxygen atoms in total. The first-order valence-electron chi connectivity index (χ1n) is 7.01. The Balaban J connectivity index is 1.71. The summed E-state index contributed by atoms with van der Waals surface area (Å²) in [5.74, 6) is -0.282. The molecule has 2 N–H and O–H groups in total. The molecule has 1 aliphatic rings. The molecule has 0 aromatic carbocycles. The van der Waals surface area contributed by atoms with Crippen molar-refractivity contribution in [2.45, 2.75) is 44.1 Å². The summed E-state index contributed by atoms with van der Waals surface area (Å²) in [6, 6.07) is 3.39. The second-order valence-electron chi connectivity index (χ2n) is 5.37. The first kappa shape index (κ1) is 14.7. The second-order valence-corrected chi connectivity index (χ2v) is 5.37. The highest BCUT2D eigenvalue weighted by atomic mass is 16.3. The Hall–Kier alpha value is -1.75. The predicted molar refractivity (Wildman–Crippen MR) is 74.2 cm³/mol. The molecule has 0 saturated heterocycles. The topological polar surface area (TPSA) is 79.3 Å². The number of nitrogens with zero attached hydrogens (tertiary/aromatic N) is 1. The van der Waals surface area contributed by atoms with E-state index in [2.05, 4.69) is 10.3 Å². The summed E-state index contributed by atoms with van der Waals surface area (Å²) in [7, 11) is 0. The predicted octanol–water partition coefficient (Wildman–Crippen LogP) is 1.47.